The van der Waals surface area contributed by atoms with Crippen molar-refractivity contribution in [3.63, 3.8) is 0 Å². The van der Waals surface area contributed by atoms with Gasteiger partial charge in [-0.1, -0.05) is 166 Å². The first-order chi connectivity index (χ1) is 26.7. The molecule has 1 spiro atoms. The van der Waals surface area contributed by atoms with Gasteiger partial charge in [-0.15, -0.1) is 0 Å². The summed E-state index contributed by atoms with van der Waals surface area (Å²) in [4.78, 5) is 0. The summed E-state index contributed by atoms with van der Waals surface area (Å²) in [6, 6.07) is 54.5. The van der Waals surface area contributed by atoms with E-state index in [-0.39, 0.29) is 0 Å². The third-order valence-corrected chi connectivity index (χ3v) is 12.2. The number of benzene rings is 8. The summed E-state index contributed by atoms with van der Waals surface area (Å²) in [7, 11) is 0. The van der Waals surface area contributed by atoms with E-state index in [4.69, 9.17) is 4.42 Å². The summed E-state index contributed by atoms with van der Waals surface area (Å²) in [5.74, 6) is 0. The van der Waals surface area contributed by atoms with Crippen molar-refractivity contribution in [2.24, 2.45) is 0 Å². The van der Waals surface area contributed by atoms with Crippen LogP contribution in [0.15, 0.2) is 163 Å². The zero-order valence-electron chi connectivity index (χ0n) is 30.3. The van der Waals surface area contributed by atoms with E-state index in [0.717, 1.165) is 30.4 Å². The standard InChI is InChI=1S/C53H38O/c1-3-13-33-15-9-17-35(31-33)36-28-30-43-47(32-36)53(44-22-7-5-18-39(44)40-19-6-8-23-45(40)53)46-24-10-16-34(50(43)46)27-29-38-37(14-4-2)41-20-11-25-48-51(41)52-42(38)21-12-26-49(52)54-48/h4-12,14-26,28-32H,2-3,13,27H2,1H3/b37-14+,38-29+. The molecule has 0 amide bonds. The molecular formula is C53H38O. The van der Waals surface area contributed by atoms with Crippen LogP contribution in [-0.4, -0.2) is 0 Å². The van der Waals surface area contributed by atoms with E-state index in [0.29, 0.717) is 0 Å². The number of furan rings is 1. The first-order valence-electron chi connectivity index (χ1n) is 19.2. The van der Waals surface area contributed by atoms with Crippen LogP contribution >= 0.6 is 0 Å². The van der Waals surface area contributed by atoms with E-state index in [1.165, 1.54) is 98.7 Å². The maximum Gasteiger partial charge on any atom is 0.136 e. The van der Waals surface area contributed by atoms with Crippen molar-refractivity contribution in [2.75, 3.05) is 0 Å². The zero-order valence-corrected chi connectivity index (χ0v) is 30.3. The lowest BCUT2D eigenvalue weighted by molar-refractivity contribution is 0.669. The Hall–Kier alpha value is -6.44. The van der Waals surface area contributed by atoms with Crippen LogP contribution in [0, 0.1) is 0 Å². The van der Waals surface area contributed by atoms with E-state index < -0.39 is 5.41 Å². The van der Waals surface area contributed by atoms with Gasteiger partial charge in [-0.25, -0.2) is 0 Å². The fraction of sp³-hybridized carbons (Fsp3) is 0.0943. The molecule has 0 saturated carbocycles. The van der Waals surface area contributed by atoms with Gasteiger partial charge < -0.3 is 4.42 Å². The number of hydrogen-bond donors (Lipinski definition) is 0. The van der Waals surface area contributed by atoms with Crippen LogP contribution in [0.2, 0.25) is 0 Å². The minimum Gasteiger partial charge on any atom is -0.456 e. The fourth-order valence-corrected chi connectivity index (χ4v) is 10.1. The second-order valence-electron chi connectivity index (χ2n) is 15.0. The monoisotopic (exact) mass is 690 g/mol. The molecule has 8 aromatic carbocycles. The molecule has 2 aliphatic rings. The summed E-state index contributed by atoms with van der Waals surface area (Å²) in [5.41, 5.74) is 17.5. The molecule has 0 N–H and O–H groups in total. The highest BCUT2D eigenvalue weighted by atomic mass is 16.3. The average molecular weight is 691 g/mol. The largest absolute Gasteiger partial charge is 0.456 e. The molecule has 0 atom stereocenters. The molecule has 1 heterocycles. The van der Waals surface area contributed by atoms with E-state index in [1.54, 1.807) is 0 Å². The van der Waals surface area contributed by atoms with Gasteiger partial charge in [0.25, 0.3) is 0 Å². The Bertz CT molecular complexity index is 3070. The molecule has 0 fully saturated rings. The van der Waals surface area contributed by atoms with Crippen molar-refractivity contribution in [2.45, 2.75) is 31.6 Å². The summed E-state index contributed by atoms with van der Waals surface area (Å²) in [5, 5.41) is 7.23. The van der Waals surface area contributed by atoms with Gasteiger partial charge in [0.05, 0.1) is 5.41 Å². The Labute approximate surface area is 315 Å². The highest BCUT2D eigenvalue weighted by molar-refractivity contribution is 6.22. The lowest BCUT2D eigenvalue weighted by Crippen LogP contribution is -2.27. The molecule has 54 heavy (non-hydrogen) atoms. The van der Waals surface area contributed by atoms with Gasteiger partial charge in [0, 0.05) is 10.8 Å². The predicted molar refractivity (Wildman–Crippen MR) is 227 cm³/mol. The molecule has 256 valence electrons. The smallest absolute Gasteiger partial charge is 0.136 e. The first kappa shape index (κ1) is 31.1. The van der Waals surface area contributed by atoms with Gasteiger partial charge in [-0.05, 0) is 119 Å². The van der Waals surface area contributed by atoms with Crippen molar-refractivity contribution in [1.29, 1.82) is 0 Å². The second kappa shape index (κ2) is 11.8. The minimum atomic E-state index is -0.413. The van der Waals surface area contributed by atoms with E-state index >= 15 is 0 Å². The van der Waals surface area contributed by atoms with Gasteiger partial charge in [0.15, 0.2) is 0 Å². The van der Waals surface area contributed by atoms with Gasteiger partial charge in [0.1, 0.15) is 11.2 Å². The highest BCUT2D eigenvalue weighted by Crippen LogP contribution is 2.63. The number of aryl methyl sites for hydroxylation is 1. The van der Waals surface area contributed by atoms with Gasteiger partial charge in [0.2, 0.25) is 0 Å². The van der Waals surface area contributed by atoms with Crippen LogP contribution in [0.1, 0.15) is 46.7 Å². The molecule has 11 rings (SSSR count). The van der Waals surface area contributed by atoms with Crippen LogP contribution in [0.3, 0.4) is 0 Å². The van der Waals surface area contributed by atoms with Crippen molar-refractivity contribution < 1.29 is 4.42 Å². The maximum absolute atomic E-state index is 6.38. The van der Waals surface area contributed by atoms with Crippen LogP contribution in [0.4, 0.5) is 0 Å². The highest BCUT2D eigenvalue weighted by Gasteiger charge is 2.52. The quantitative estimate of drug-likeness (QED) is 0.158. The molecule has 0 saturated heterocycles. The minimum absolute atomic E-state index is 0.413. The normalized spacial score (nSPS) is 14.3. The summed E-state index contributed by atoms with van der Waals surface area (Å²) in [6.45, 7) is 6.39. The SMILES string of the molecule is C=C/C=c1\c(=C/Cc2cccc3c2-c2ccc(-c4cccc(CCC)c4)cc2C32c3ccccc3-c3ccccc32)c2cccc3oc4cccc1c4c32. The molecule has 0 radical (unpaired) electrons. The number of allylic oxidation sites excluding steroid dienone is 1. The van der Waals surface area contributed by atoms with Crippen molar-refractivity contribution in [3.05, 3.63) is 202 Å². The summed E-state index contributed by atoms with van der Waals surface area (Å²) < 4.78 is 6.38. The Balaban J connectivity index is 1.19. The molecule has 2 aliphatic carbocycles. The molecule has 1 heteroatoms. The van der Waals surface area contributed by atoms with Crippen molar-refractivity contribution in [3.8, 4) is 33.4 Å². The predicted octanol–water partition coefficient (Wildman–Crippen LogP) is 12.1. The first-order valence-corrected chi connectivity index (χ1v) is 19.2. The van der Waals surface area contributed by atoms with Crippen molar-refractivity contribution >= 4 is 44.9 Å². The third-order valence-electron chi connectivity index (χ3n) is 12.2. The van der Waals surface area contributed by atoms with E-state index in [1.807, 2.05) is 6.08 Å². The Morgan fingerprint density at radius 3 is 1.94 bits per heavy atom. The average Bonchev–Trinajstić information content (AvgIpc) is 3.85. The topological polar surface area (TPSA) is 13.1 Å². The lowest BCUT2D eigenvalue weighted by Gasteiger charge is -2.31. The number of fused-ring (bicyclic) bond motifs is 10. The zero-order chi connectivity index (χ0) is 36.0. The van der Waals surface area contributed by atoms with Crippen LogP contribution in [0.5, 0.6) is 0 Å². The Morgan fingerprint density at radius 1 is 0.574 bits per heavy atom. The lowest BCUT2D eigenvalue weighted by atomic mass is 9.70. The molecule has 9 aromatic rings. The molecule has 1 nitrogen and oxygen atoms in total. The van der Waals surface area contributed by atoms with Crippen molar-refractivity contribution in [1.82, 2.24) is 0 Å². The third kappa shape index (κ3) is 4.15. The molecule has 0 aliphatic heterocycles. The van der Waals surface area contributed by atoms with Gasteiger partial charge >= 0.3 is 0 Å². The number of rotatable bonds is 6. The second-order valence-corrected chi connectivity index (χ2v) is 15.0. The van der Waals surface area contributed by atoms with E-state index in [2.05, 4.69) is 171 Å². The van der Waals surface area contributed by atoms with Crippen LogP contribution in [0.25, 0.3) is 78.2 Å². The summed E-state index contributed by atoms with van der Waals surface area (Å²) in [6.07, 6.45) is 9.53. The maximum atomic E-state index is 6.38. The summed E-state index contributed by atoms with van der Waals surface area (Å²) >= 11 is 0. The Morgan fingerprint density at radius 2 is 1.22 bits per heavy atom. The van der Waals surface area contributed by atoms with E-state index in [9.17, 15) is 0 Å². The van der Waals surface area contributed by atoms with Crippen LogP contribution < -0.4 is 10.4 Å². The molecule has 1 aromatic heterocycles. The molecule has 0 bridgehead atoms. The molecular weight excluding hydrogens is 653 g/mol. The van der Waals surface area contributed by atoms with Gasteiger partial charge in [-0.3, -0.25) is 0 Å². The fourth-order valence-electron chi connectivity index (χ4n) is 10.1. The Kier molecular flexibility index (Phi) is 6.79. The van der Waals surface area contributed by atoms with Gasteiger partial charge in [-0.2, -0.15) is 0 Å². The molecule has 0 unspecified atom stereocenters. The number of hydrogen-bond acceptors (Lipinski definition) is 1. The van der Waals surface area contributed by atoms with Crippen LogP contribution in [-0.2, 0) is 18.3 Å².